The molecule has 27 heavy (non-hydrogen) atoms. The molecule has 4 aliphatic rings. The Morgan fingerprint density at radius 1 is 1.00 bits per heavy atom. The molecule has 4 saturated carbocycles. The first kappa shape index (κ1) is 18.3. The number of phenolic OH excluding ortho intramolecular Hbond substituents is 1. The van der Waals surface area contributed by atoms with Crippen molar-refractivity contribution in [3.63, 3.8) is 0 Å². The minimum Gasteiger partial charge on any atom is -0.506 e. The number of rotatable bonds is 1. The zero-order valence-corrected chi connectivity index (χ0v) is 17.8. The van der Waals surface area contributed by atoms with Crippen molar-refractivity contribution in [3.8, 4) is 5.75 Å². The van der Waals surface area contributed by atoms with Gasteiger partial charge in [-0.25, -0.2) is 0 Å². The highest BCUT2D eigenvalue weighted by molar-refractivity contribution is 6.32. The molecule has 0 aromatic heterocycles. The molecule has 1 nitrogen and oxygen atoms in total. The van der Waals surface area contributed by atoms with Crippen molar-refractivity contribution in [1.82, 2.24) is 0 Å². The zero-order valence-electron chi connectivity index (χ0n) is 17.0. The summed E-state index contributed by atoms with van der Waals surface area (Å²) in [4.78, 5) is 0. The summed E-state index contributed by atoms with van der Waals surface area (Å²) in [5.74, 6) is 4.63. The summed E-state index contributed by atoms with van der Waals surface area (Å²) in [6.07, 6.45) is 14.4. The number of hydrogen-bond donors (Lipinski definition) is 1. The minimum atomic E-state index is 0.252. The van der Waals surface area contributed by atoms with Gasteiger partial charge in [-0.15, -0.1) is 0 Å². The molecule has 4 fully saturated rings. The van der Waals surface area contributed by atoms with E-state index in [0.29, 0.717) is 21.8 Å². The van der Waals surface area contributed by atoms with Crippen molar-refractivity contribution in [1.29, 1.82) is 0 Å². The third-order valence-corrected chi connectivity index (χ3v) is 10.1. The Labute approximate surface area is 169 Å². The fourth-order valence-corrected chi connectivity index (χ4v) is 8.51. The summed E-state index contributed by atoms with van der Waals surface area (Å²) in [7, 11) is 0. The van der Waals surface area contributed by atoms with Crippen LogP contribution in [0.25, 0.3) is 0 Å². The summed E-state index contributed by atoms with van der Waals surface area (Å²) in [6.45, 7) is 5.25. The van der Waals surface area contributed by atoms with Crippen LogP contribution in [0.2, 0.25) is 5.02 Å². The Balaban J connectivity index is 1.42. The van der Waals surface area contributed by atoms with Gasteiger partial charge >= 0.3 is 0 Å². The van der Waals surface area contributed by atoms with Gasteiger partial charge in [0.15, 0.2) is 0 Å². The van der Waals surface area contributed by atoms with Crippen molar-refractivity contribution >= 4 is 11.6 Å². The Bertz CT molecular complexity index is 729. The summed E-state index contributed by atoms with van der Waals surface area (Å²) in [5.41, 5.74) is 2.43. The van der Waals surface area contributed by atoms with Crippen LogP contribution in [0.1, 0.15) is 89.5 Å². The van der Waals surface area contributed by atoms with Crippen molar-refractivity contribution in [2.45, 2.75) is 84.0 Å². The summed E-state index contributed by atoms with van der Waals surface area (Å²) in [5, 5.41) is 10.6. The summed E-state index contributed by atoms with van der Waals surface area (Å²) < 4.78 is 0. The Hall–Kier alpha value is -0.690. The van der Waals surface area contributed by atoms with Gasteiger partial charge in [0.1, 0.15) is 5.75 Å². The maximum atomic E-state index is 10.1. The van der Waals surface area contributed by atoms with Crippen LogP contribution in [-0.4, -0.2) is 5.11 Å². The Morgan fingerprint density at radius 3 is 2.67 bits per heavy atom. The molecule has 0 bridgehead atoms. The highest BCUT2D eigenvalue weighted by Gasteiger charge is 2.58. The molecule has 0 amide bonds. The van der Waals surface area contributed by atoms with Gasteiger partial charge < -0.3 is 5.11 Å². The molecule has 0 heterocycles. The first-order valence-corrected chi connectivity index (χ1v) is 11.8. The fraction of sp³-hybridized carbons (Fsp3) is 0.760. The average molecular weight is 387 g/mol. The van der Waals surface area contributed by atoms with Crippen molar-refractivity contribution in [2.24, 2.45) is 34.5 Å². The van der Waals surface area contributed by atoms with E-state index in [1.165, 1.54) is 69.8 Å². The predicted octanol–water partition coefficient (Wildman–Crippen LogP) is 7.56. The molecular weight excluding hydrogens is 352 g/mol. The molecule has 1 N–H and O–H groups in total. The first-order chi connectivity index (χ1) is 12.9. The van der Waals surface area contributed by atoms with Crippen molar-refractivity contribution in [3.05, 3.63) is 28.8 Å². The molecule has 0 radical (unpaired) electrons. The van der Waals surface area contributed by atoms with Crippen LogP contribution in [0.4, 0.5) is 0 Å². The molecule has 2 unspecified atom stereocenters. The molecular formula is C25H35ClO. The smallest absolute Gasteiger partial charge is 0.134 e. The molecule has 7 atom stereocenters. The topological polar surface area (TPSA) is 20.2 Å². The van der Waals surface area contributed by atoms with E-state index in [1.807, 2.05) is 12.1 Å². The van der Waals surface area contributed by atoms with Crippen LogP contribution < -0.4 is 0 Å². The van der Waals surface area contributed by atoms with Crippen LogP contribution in [0.15, 0.2) is 18.2 Å². The third-order valence-electron chi connectivity index (χ3n) is 9.79. The van der Waals surface area contributed by atoms with Crippen LogP contribution in [-0.2, 0) is 0 Å². The minimum absolute atomic E-state index is 0.252. The molecule has 0 spiro atoms. The lowest BCUT2D eigenvalue weighted by atomic mass is 9.45. The molecule has 1 aromatic rings. The van der Waals surface area contributed by atoms with E-state index in [1.54, 1.807) is 0 Å². The quantitative estimate of drug-likeness (QED) is 0.527. The lowest BCUT2D eigenvalue weighted by Crippen LogP contribution is -2.51. The number of aromatic hydroxyl groups is 1. The largest absolute Gasteiger partial charge is 0.506 e. The predicted molar refractivity (Wildman–Crippen MR) is 112 cm³/mol. The second kappa shape index (κ2) is 6.41. The van der Waals surface area contributed by atoms with E-state index in [2.05, 4.69) is 19.9 Å². The number of halogens is 1. The van der Waals surface area contributed by atoms with Crippen molar-refractivity contribution < 1.29 is 5.11 Å². The first-order valence-electron chi connectivity index (χ1n) is 11.4. The normalized spacial score (nSPS) is 46.4. The van der Waals surface area contributed by atoms with Crippen LogP contribution in [0.5, 0.6) is 5.75 Å². The molecule has 4 aliphatic carbocycles. The number of benzene rings is 1. The fourth-order valence-electron chi connectivity index (χ4n) is 8.39. The van der Waals surface area contributed by atoms with Crippen LogP contribution >= 0.6 is 11.6 Å². The van der Waals surface area contributed by atoms with E-state index in [4.69, 9.17) is 11.6 Å². The van der Waals surface area contributed by atoms with E-state index in [0.717, 1.165) is 23.7 Å². The van der Waals surface area contributed by atoms with E-state index >= 15 is 0 Å². The standard InChI is InChI=1S/C25H35ClO/c1-24-12-10-20-19(8-7-18-5-3-4-11-25(18,20)2)21(24)13-17(15-24)16-6-9-22(26)23(27)14-16/h6,9,14,17-21,27H,3-5,7-8,10-13,15H2,1-2H3/t17?,18?,19-,20-,21+,24-,25+/m1/s1. The van der Waals surface area contributed by atoms with Gasteiger partial charge in [-0.2, -0.15) is 0 Å². The van der Waals surface area contributed by atoms with Gasteiger partial charge in [-0.1, -0.05) is 44.4 Å². The van der Waals surface area contributed by atoms with Crippen LogP contribution in [0, 0.1) is 34.5 Å². The molecule has 5 rings (SSSR count). The summed E-state index contributed by atoms with van der Waals surface area (Å²) in [6, 6.07) is 5.97. The van der Waals surface area contributed by atoms with Gasteiger partial charge in [-0.3, -0.25) is 0 Å². The molecule has 2 heteroatoms. The third kappa shape index (κ3) is 2.78. The Morgan fingerprint density at radius 2 is 1.85 bits per heavy atom. The Kier molecular flexibility index (Phi) is 4.35. The zero-order chi connectivity index (χ0) is 18.8. The molecule has 0 aliphatic heterocycles. The van der Waals surface area contributed by atoms with Gasteiger partial charge in [0.05, 0.1) is 5.02 Å². The maximum absolute atomic E-state index is 10.1. The lowest BCUT2D eigenvalue weighted by Gasteiger charge is -2.60. The summed E-state index contributed by atoms with van der Waals surface area (Å²) >= 11 is 6.06. The van der Waals surface area contributed by atoms with Crippen molar-refractivity contribution in [2.75, 3.05) is 0 Å². The average Bonchev–Trinajstić information content (AvgIpc) is 3.01. The van der Waals surface area contributed by atoms with E-state index in [-0.39, 0.29) is 5.75 Å². The van der Waals surface area contributed by atoms with Gasteiger partial charge in [0, 0.05) is 0 Å². The molecule has 0 saturated heterocycles. The van der Waals surface area contributed by atoms with Gasteiger partial charge in [0.25, 0.3) is 0 Å². The van der Waals surface area contributed by atoms with E-state index in [9.17, 15) is 5.11 Å². The van der Waals surface area contributed by atoms with Gasteiger partial charge in [-0.05, 0) is 109 Å². The van der Waals surface area contributed by atoms with Gasteiger partial charge in [0.2, 0.25) is 0 Å². The van der Waals surface area contributed by atoms with Crippen LogP contribution in [0.3, 0.4) is 0 Å². The highest BCUT2D eigenvalue weighted by atomic mass is 35.5. The monoisotopic (exact) mass is 386 g/mol. The highest BCUT2D eigenvalue weighted by Crippen LogP contribution is 2.68. The second-order valence-electron chi connectivity index (χ2n) is 10.9. The number of hydrogen-bond acceptors (Lipinski definition) is 1. The molecule has 148 valence electrons. The maximum Gasteiger partial charge on any atom is 0.134 e. The van der Waals surface area contributed by atoms with E-state index < -0.39 is 0 Å². The second-order valence-corrected chi connectivity index (χ2v) is 11.4. The number of fused-ring (bicyclic) bond motifs is 5. The number of phenols is 1. The lowest BCUT2D eigenvalue weighted by molar-refractivity contribution is -0.103. The SMILES string of the molecule is C[C@]12CC[C@@H]3[C@@H](CCC4CCCC[C@@]43C)[C@@H]1CC(c1ccc(Cl)c(O)c1)C2. The molecule has 1 aromatic carbocycles.